The van der Waals surface area contributed by atoms with Crippen LogP contribution in [0.3, 0.4) is 0 Å². The van der Waals surface area contributed by atoms with Crippen molar-refractivity contribution in [3.63, 3.8) is 0 Å². The maximum Gasteiger partial charge on any atom is 0.349 e. The summed E-state index contributed by atoms with van der Waals surface area (Å²) in [5.74, 6) is 4.57. The molecule has 1 aromatic carbocycles. The highest BCUT2D eigenvalue weighted by Crippen LogP contribution is 2.27. The molecule has 0 saturated carbocycles. The zero-order valence-corrected chi connectivity index (χ0v) is 18.0. The number of nitrogens with two attached hydrogens (primary N) is 1. The summed E-state index contributed by atoms with van der Waals surface area (Å²) in [4.78, 5) is 36.4. The Labute approximate surface area is 176 Å². The van der Waals surface area contributed by atoms with Crippen molar-refractivity contribution in [2.45, 2.75) is 52.6 Å². The summed E-state index contributed by atoms with van der Waals surface area (Å²) in [6.07, 6.45) is 1.70. The smallest absolute Gasteiger partial charge is 0.349 e. The third kappa shape index (κ3) is 5.90. The molecule has 1 heterocycles. The van der Waals surface area contributed by atoms with Gasteiger partial charge in [0.1, 0.15) is 11.1 Å². The van der Waals surface area contributed by atoms with Crippen LogP contribution in [0.4, 0.5) is 0 Å². The molecule has 30 heavy (non-hydrogen) atoms. The number of para-hydroxylation sites is 1. The molecule has 8 nitrogen and oxygen atoms in total. The summed E-state index contributed by atoms with van der Waals surface area (Å²) in [6, 6.07) is 8.56. The van der Waals surface area contributed by atoms with Crippen molar-refractivity contribution in [1.82, 2.24) is 10.7 Å². The van der Waals surface area contributed by atoms with Gasteiger partial charge in [0.25, 0.3) is 5.91 Å². The number of carbonyl (C=O) groups excluding carboxylic acids is 2. The molecule has 0 fully saturated rings. The lowest BCUT2D eigenvalue weighted by atomic mass is 9.83. The fraction of sp³-hybridized carbons (Fsp3) is 0.500. The summed E-state index contributed by atoms with van der Waals surface area (Å²) in [5.41, 5.74) is 0.838. The summed E-state index contributed by atoms with van der Waals surface area (Å²) in [6.45, 7) is 8.31. The fourth-order valence-electron chi connectivity index (χ4n) is 3.04. The average molecular weight is 418 g/mol. The number of hydrazine groups is 1. The van der Waals surface area contributed by atoms with Crippen LogP contribution in [0.25, 0.3) is 11.0 Å². The van der Waals surface area contributed by atoms with E-state index in [0.717, 1.165) is 0 Å². The van der Waals surface area contributed by atoms with Gasteiger partial charge in [-0.15, -0.1) is 0 Å². The first-order valence-corrected chi connectivity index (χ1v) is 10.1. The summed E-state index contributed by atoms with van der Waals surface area (Å²) in [5, 5.41) is 3.43. The Bertz CT molecular complexity index is 953. The highest BCUT2D eigenvalue weighted by molar-refractivity contribution is 5.96. The van der Waals surface area contributed by atoms with Crippen LogP contribution in [-0.2, 0) is 9.53 Å². The maximum absolute atomic E-state index is 12.4. The predicted octanol–water partition coefficient (Wildman–Crippen LogP) is 2.50. The average Bonchev–Trinajstić information content (AvgIpc) is 2.71. The Balaban J connectivity index is 1.88. The SMILES string of the molecule is CCC(C)(CCOC(C)(C)CCNC(=O)c1cc2ccccc2oc1=O)C(=O)NN. The lowest BCUT2D eigenvalue weighted by Crippen LogP contribution is -2.43. The van der Waals surface area contributed by atoms with Gasteiger partial charge in [-0.3, -0.25) is 15.0 Å². The molecule has 0 bridgehead atoms. The molecular formula is C22H31N3O5. The van der Waals surface area contributed by atoms with Gasteiger partial charge in [-0.05, 0) is 45.2 Å². The molecule has 8 heteroatoms. The standard InChI is InChI=1S/C22H31N3O5/c1-5-22(4,20(28)25-23)11-13-29-21(2,3)10-12-24-18(26)16-14-15-8-6-7-9-17(15)30-19(16)27/h6-9,14H,5,10-13,23H2,1-4H3,(H,24,26)(H,25,28). The molecule has 0 spiro atoms. The minimum absolute atomic E-state index is 0.0288. The number of amides is 2. The van der Waals surface area contributed by atoms with Crippen molar-refractivity contribution < 1.29 is 18.7 Å². The number of fused-ring (bicyclic) bond motifs is 1. The molecule has 2 amide bonds. The van der Waals surface area contributed by atoms with Crippen LogP contribution >= 0.6 is 0 Å². The molecule has 0 saturated heterocycles. The Morgan fingerprint density at radius 1 is 1.17 bits per heavy atom. The van der Waals surface area contributed by atoms with Gasteiger partial charge < -0.3 is 14.5 Å². The number of ether oxygens (including phenoxy) is 1. The van der Waals surface area contributed by atoms with E-state index in [9.17, 15) is 14.4 Å². The van der Waals surface area contributed by atoms with Gasteiger partial charge in [0.15, 0.2) is 0 Å². The molecule has 2 rings (SSSR count). The van der Waals surface area contributed by atoms with Crippen molar-refractivity contribution in [2.75, 3.05) is 13.2 Å². The molecule has 0 aliphatic heterocycles. The molecule has 1 aromatic heterocycles. The number of benzene rings is 1. The van der Waals surface area contributed by atoms with Crippen molar-refractivity contribution in [2.24, 2.45) is 11.3 Å². The summed E-state index contributed by atoms with van der Waals surface area (Å²) in [7, 11) is 0. The highest BCUT2D eigenvalue weighted by Gasteiger charge is 2.31. The highest BCUT2D eigenvalue weighted by atomic mass is 16.5. The first kappa shape index (κ1) is 23.6. The normalized spacial score (nSPS) is 13.6. The molecule has 1 unspecified atom stereocenters. The Morgan fingerprint density at radius 2 is 1.87 bits per heavy atom. The van der Waals surface area contributed by atoms with Gasteiger partial charge in [-0.2, -0.15) is 0 Å². The zero-order chi connectivity index (χ0) is 22.4. The van der Waals surface area contributed by atoms with Crippen molar-refractivity contribution in [1.29, 1.82) is 0 Å². The van der Waals surface area contributed by atoms with E-state index in [1.54, 1.807) is 18.2 Å². The van der Waals surface area contributed by atoms with Crippen LogP contribution in [0, 0.1) is 5.41 Å². The summed E-state index contributed by atoms with van der Waals surface area (Å²) < 4.78 is 11.1. The molecular weight excluding hydrogens is 386 g/mol. The lowest BCUT2D eigenvalue weighted by molar-refractivity contribution is -0.132. The minimum Gasteiger partial charge on any atom is -0.422 e. The Morgan fingerprint density at radius 3 is 2.53 bits per heavy atom. The van der Waals surface area contributed by atoms with Crippen LogP contribution in [0.1, 0.15) is 57.3 Å². The molecule has 0 aliphatic carbocycles. The first-order valence-electron chi connectivity index (χ1n) is 10.1. The topological polar surface area (TPSA) is 124 Å². The predicted molar refractivity (Wildman–Crippen MR) is 115 cm³/mol. The largest absolute Gasteiger partial charge is 0.422 e. The van der Waals surface area contributed by atoms with Crippen molar-refractivity contribution in [3.8, 4) is 0 Å². The number of hydrogen-bond acceptors (Lipinski definition) is 6. The molecule has 164 valence electrons. The van der Waals surface area contributed by atoms with E-state index in [4.69, 9.17) is 15.0 Å². The van der Waals surface area contributed by atoms with Gasteiger partial charge in [0.2, 0.25) is 5.91 Å². The first-order chi connectivity index (χ1) is 14.1. The molecule has 2 aromatic rings. The van der Waals surface area contributed by atoms with Crippen LogP contribution in [0.2, 0.25) is 0 Å². The van der Waals surface area contributed by atoms with E-state index in [2.05, 4.69) is 10.7 Å². The summed E-state index contributed by atoms with van der Waals surface area (Å²) >= 11 is 0. The third-order valence-corrected chi connectivity index (χ3v) is 5.50. The van der Waals surface area contributed by atoms with Gasteiger partial charge in [0.05, 0.1) is 5.60 Å². The van der Waals surface area contributed by atoms with Crippen LogP contribution in [0.5, 0.6) is 0 Å². The van der Waals surface area contributed by atoms with Crippen molar-refractivity contribution in [3.05, 3.63) is 46.3 Å². The Kier molecular flexibility index (Phi) is 7.75. The number of rotatable bonds is 10. The van der Waals surface area contributed by atoms with Gasteiger partial charge in [-0.1, -0.05) is 32.0 Å². The maximum atomic E-state index is 12.4. The lowest BCUT2D eigenvalue weighted by Gasteiger charge is -2.30. The molecule has 0 radical (unpaired) electrons. The second-order valence-corrected chi connectivity index (χ2v) is 8.24. The van der Waals surface area contributed by atoms with E-state index < -0.39 is 22.5 Å². The number of hydrogen-bond donors (Lipinski definition) is 3. The quantitative estimate of drug-likeness (QED) is 0.236. The molecule has 0 aliphatic rings. The second kappa shape index (κ2) is 9.86. The zero-order valence-electron chi connectivity index (χ0n) is 18.0. The van der Waals surface area contributed by atoms with E-state index in [1.165, 1.54) is 6.07 Å². The van der Waals surface area contributed by atoms with Crippen LogP contribution < -0.4 is 22.2 Å². The number of nitrogens with one attached hydrogen (secondary N) is 2. The van der Waals surface area contributed by atoms with E-state index >= 15 is 0 Å². The van der Waals surface area contributed by atoms with Gasteiger partial charge in [-0.25, -0.2) is 10.6 Å². The second-order valence-electron chi connectivity index (χ2n) is 8.24. The van der Waals surface area contributed by atoms with Gasteiger partial charge in [0, 0.05) is 24.0 Å². The third-order valence-electron chi connectivity index (χ3n) is 5.50. The molecule has 1 atom stereocenters. The van der Waals surface area contributed by atoms with E-state index in [0.29, 0.717) is 43.4 Å². The fourth-order valence-corrected chi connectivity index (χ4v) is 3.04. The number of carbonyl (C=O) groups is 2. The minimum atomic E-state index is -0.668. The van der Waals surface area contributed by atoms with E-state index in [1.807, 2.05) is 33.8 Å². The monoisotopic (exact) mass is 417 g/mol. The van der Waals surface area contributed by atoms with Crippen molar-refractivity contribution >= 4 is 22.8 Å². The Hall–Kier alpha value is -2.71. The van der Waals surface area contributed by atoms with Gasteiger partial charge >= 0.3 is 5.63 Å². The van der Waals surface area contributed by atoms with Crippen LogP contribution in [-0.4, -0.2) is 30.6 Å². The van der Waals surface area contributed by atoms with Crippen LogP contribution in [0.15, 0.2) is 39.5 Å². The molecule has 4 N–H and O–H groups in total. The van der Waals surface area contributed by atoms with E-state index in [-0.39, 0.29) is 11.5 Å².